The van der Waals surface area contributed by atoms with Crippen molar-refractivity contribution < 1.29 is 26.2 Å². The number of sulfone groups is 2. The summed E-state index contributed by atoms with van der Waals surface area (Å²) in [6.07, 6.45) is 1.46. The van der Waals surface area contributed by atoms with Gasteiger partial charge < -0.3 is 4.42 Å². The number of benzene rings is 2. The Morgan fingerprint density at radius 1 is 0.867 bits per heavy atom. The second kappa shape index (κ2) is 8.64. The second-order valence-corrected chi connectivity index (χ2v) is 10.8. The van der Waals surface area contributed by atoms with Crippen LogP contribution in [-0.4, -0.2) is 26.3 Å². The van der Waals surface area contributed by atoms with Crippen LogP contribution in [0.1, 0.15) is 12.2 Å². The monoisotopic (exact) mass is 447 g/mol. The highest BCUT2D eigenvalue weighted by molar-refractivity contribution is 8.09. The molecule has 0 unspecified atom stereocenters. The van der Waals surface area contributed by atoms with Crippen molar-refractivity contribution in [3.63, 3.8) is 0 Å². The largest absolute Gasteiger partial charge is 0.465 e. The molecule has 3 rings (SSSR count). The van der Waals surface area contributed by atoms with Crippen molar-refractivity contribution in [2.75, 3.05) is 0 Å². The maximum absolute atomic E-state index is 13.3. The fourth-order valence-electron chi connectivity index (χ4n) is 2.80. The molecule has 0 saturated carbocycles. The van der Waals surface area contributed by atoms with Crippen molar-refractivity contribution >= 4 is 25.8 Å². The first-order valence-electron chi connectivity index (χ1n) is 8.69. The predicted molar refractivity (Wildman–Crippen MR) is 109 cm³/mol. The lowest BCUT2D eigenvalue weighted by Gasteiger charge is -2.17. The third-order valence-electron chi connectivity index (χ3n) is 4.30. The maximum Gasteiger partial charge on any atom is 0.252 e. The molecule has 2 aromatic carbocycles. The third-order valence-corrected chi connectivity index (χ3v) is 9.39. The van der Waals surface area contributed by atoms with Gasteiger partial charge in [-0.15, -0.1) is 0 Å². The Kier molecular flexibility index (Phi) is 6.18. The SMILES string of the molecule is O=[N+]([O-])/C(=C/c1ccco1)CC(S(=O)(=O)c1ccccc1)S(=O)(=O)c1ccccc1. The summed E-state index contributed by atoms with van der Waals surface area (Å²) in [6.45, 7) is 0. The van der Waals surface area contributed by atoms with E-state index in [4.69, 9.17) is 4.42 Å². The van der Waals surface area contributed by atoms with E-state index in [0.717, 1.165) is 6.08 Å². The first-order chi connectivity index (χ1) is 14.2. The Hall–Kier alpha value is -3.24. The normalized spacial score (nSPS) is 12.8. The summed E-state index contributed by atoms with van der Waals surface area (Å²) in [7, 11) is -8.96. The zero-order valence-corrected chi connectivity index (χ0v) is 17.1. The van der Waals surface area contributed by atoms with E-state index in [0.29, 0.717) is 0 Å². The Labute approximate surface area is 173 Å². The maximum atomic E-state index is 13.3. The molecule has 0 bridgehead atoms. The Morgan fingerprint density at radius 2 is 1.37 bits per heavy atom. The zero-order chi connectivity index (χ0) is 21.8. The molecule has 0 aliphatic heterocycles. The van der Waals surface area contributed by atoms with Crippen molar-refractivity contribution in [1.82, 2.24) is 0 Å². The molecule has 1 heterocycles. The summed E-state index contributed by atoms with van der Waals surface area (Å²) in [4.78, 5) is 10.3. The molecule has 10 heteroatoms. The van der Waals surface area contributed by atoms with Crippen molar-refractivity contribution in [2.24, 2.45) is 0 Å². The van der Waals surface area contributed by atoms with E-state index >= 15 is 0 Å². The summed E-state index contributed by atoms with van der Waals surface area (Å²) in [5.74, 6) is 0.106. The van der Waals surface area contributed by atoms with Crippen molar-refractivity contribution in [2.45, 2.75) is 20.8 Å². The fraction of sp³-hybridized carbons (Fsp3) is 0.100. The Bertz CT molecular complexity index is 1180. The number of hydrogen-bond donors (Lipinski definition) is 0. The summed E-state index contributed by atoms with van der Waals surface area (Å²) >= 11 is 0. The van der Waals surface area contributed by atoms with E-state index in [2.05, 4.69) is 0 Å². The molecule has 3 aromatic rings. The van der Waals surface area contributed by atoms with Crippen LogP contribution in [0.3, 0.4) is 0 Å². The summed E-state index contributed by atoms with van der Waals surface area (Å²) in [5, 5.41) is 11.6. The van der Waals surface area contributed by atoms with Gasteiger partial charge in [0, 0.05) is 0 Å². The number of nitrogens with zero attached hydrogens (tertiary/aromatic N) is 1. The van der Waals surface area contributed by atoms with E-state index in [1.165, 1.54) is 66.9 Å². The van der Waals surface area contributed by atoms with Crippen molar-refractivity contribution in [3.8, 4) is 0 Å². The molecule has 0 spiro atoms. The van der Waals surface area contributed by atoms with Gasteiger partial charge in [-0.25, -0.2) is 16.8 Å². The Morgan fingerprint density at radius 3 is 1.77 bits per heavy atom. The summed E-state index contributed by atoms with van der Waals surface area (Å²) < 4.78 is 56.0. The topological polar surface area (TPSA) is 125 Å². The minimum atomic E-state index is -4.48. The van der Waals surface area contributed by atoms with E-state index in [9.17, 15) is 26.9 Å². The second-order valence-electron chi connectivity index (χ2n) is 6.26. The van der Waals surface area contributed by atoms with Gasteiger partial charge in [0.1, 0.15) is 5.76 Å². The quantitative estimate of drug-likeness (QED) is 0.382. The van der Waals surface area contributed by atoms with E-state index in [1.807, 2.05) is 0 Å². The minimum absolute atomic E-state index is 0.106. The van der Waals surface area contributed by atoms with Crippen LogP contribution in [0.5, 0.6) is 0 Å². The van der Waals surface area contributed by atoms with Gasteiger partial charge in [0.15, 0.2) is 24.3 Å². The number of furan rings is 1. The van der Waals surface area contributed by atoms with Crippen molar-refractivity contribution in [1.29, 1.82) is 0 Å². The van der Waals surface area contributed by atoms with Crippen LogP contribution in [0.2, 0.25) is 0 Å². The lowest BCUT2D eigenvalue weighted by molar-refractivity contribution is -0.426. The molecule has 156 valence electrons. The molecule has 0 amide bonds. The van der Waals surface area contributed by atoms with Crippen molar-refractivity contribution in [3.05, 3.63) is 101 Å². The molecule has 8 nitrogen and oxygen atoms in total. The lowest BCUT2D eigenvalue weighted by atomic mass is 10.3. The average Bonchev–Trinajstić information content (AvgIpc) is 3.25. The smallest absolute Gasteiger partial charge is 0.252 e. The molecular weight excluding hydrogens is 430 g/mol. The predicted octanol–water partition coefficient (Wildman–Crippen LogP) is 3.56. The summed E-state index contributed by atoms with van der Waals surface area (Å²) in [5.41, 5.74) is -0.603. The molecule has 0 saturated heterocycles. The van der Waals surface area contributed by atoms with Crippen LogP contribution in [0.25, 0.3) is 6.08 Å². The number of rotatable bonds is 8. The zero-order valence-electron chi connectivity index (χ0n) is 15.5. The van der Waals surface area contributed by atoms with Crippen LogP contribution in [0, 0.1) is 10.1 Å². The molecule has 0 fully saturated rings. The standard InChI is InChI=1S/C20H17NO7S2/c22-21(23)16(14-17-8-7-13-28-17)15-20(29(24,25)18-9-3-1-4-10-18)30(26,27)19-11-5-2-6-12-19/h1-14,20H,15H2/b16-14+. The van der Waals surface area contributed by atoms with Gasteiger partial charge in [-0.3, -0.25) is 10.1 Å². The van der Waals surface area contributed by atoms with Gasteiger partial charge in [0.2, 0.25) is 0 Å². The molecule has 0 aliphatic carbocycles. The Balaban J connectivity index is 2.16. The van der Waals surface area contributed by atoms with E-state index in [-0.39, 0.29) is 15.6 Å². The molecular formula is C20H17NO7S2. The number of hydrogen-bond acceptors (Lipinski definition) is 7. The van der Waals surface area contributed by atoms with Gasteiger partial charge >= 0.3 is 0 Å². The average molecular weight is 447 g/mol. The van der Waals surface area contributed by atoms with E-state index < -0.39 is 41.3 Å². The molecule has 1 aromatic heterocycles. The van der Waals surface area contributed by atoms with Crippen LogP contribution in [-0.2, 0) is 19.7 Å². The molecule has 0 radical (unpaired) electrons. The van der Waals surface area contributed by atoms with Gasteiger partial charge in [0.25, 0.3) is 5.70 Å². The highest BCUT2D eigenvalue weighted by atomic mass is 32.3. The van der Waals surface area contributed by atoms with Crippen LogP contribution < -0.4 is 0 Å². The first kappa shape index (κ1) is 21.5. The molecule has 30 heavy (non-hydrogen) atoms. The van der Waals surface area contributed by atoms with Crippen LogP contribution >= 0.6 is 0 Å². The van der Waals surface area contributed by atoms with E-state index in [1.54, 1.807) is 12.1 Å². The molecule has 0 N–H and O–H groups in total. The minimum Gasteiger partial charge on any atom is -0.465 e. The number of allylic oxidation sites excluding steroid dienone is 1. The summed E-state index contributed by atoms with van der Waals surface area (Å²) in [6, 6.07) is 16.9. The highest BCUT2D eigenvalue weighted by Crippen LogP contribution is 2.30. The first-order valence-corrected chi connectivity index (χ1v) is 11.8. The number of nitro groups is 1. The molecule has 0 aliphatic rings. The van der Waals surface area contributed by atoms with Gasteiger partial charge in [-0.2, -0.15) is 0 Å². The van der Waals surface area contributed by atoms with Gasteiger partial charge in [-0.1, -0.05) is 36.4 Å². The lowest BCUT2D eigenvalue weighted by Crippen LogP contribution is -2.32. The van der Waals surface area contributed by atoms with Gasteiger partial charge in [-0.05, 0) is 36.4 Å². The van der Waals surface area contributed by atoms with Crippen LogP contribution in [0.15, 0.2) is 99.0 Å². The highest BCUT2D eigenvalue weighted by Gasteiger charge is 2.42. The molecule has 0 atom stereocenters. The third kappa shape index (κ3) is 4.50. The van der Waals surface area contributed by atoms with Gasteiger partial charge in [0.05, 0.1) is 33.5 Å². The fourth-order valence-corrected chi connectivity index (χ4v) is 7.27. The van der Waals surface area contributed by atoms with Crippen LogP contribution in [0.4, 0.5) is 0 Å².